The van der Waals surface area contributed by atoms with Crippen molar-refractivity contribution in [3.8, 4) is 12.1 Å². The summed E-state index contributed by atoms with van der Waals surface area (Å²) in [5, 5.41) is 34.2. The van der Waals surface area contributed by atoms with Gasteiger partial charge in [-0.3, -0.25) is 9.99 Å². The van der Waals surface area contributed by atoms with Crippen molar-refractivity contribution in [1.82, 2.24) is 32.0 Å². The average Bonchev–Trinajstić information content (AvgIpc) is 3.41. The molecule has 46 heavy (non-hydrogen) atoms. The number of fused-ring (bicyclic) bond motifs is 1. The van der Waals surface area contributed by atoms with Crippen LogP contribution in [-0.4, -0.2) is 34.6 Å². The maximum absolute atomic E-state index is 14.1. The molecule has 2 aromatic carbocycles. The van der Waals surface area contributed by atoms with Gasteiger partial charge in [0, 0.05) is 30.0 Å². The van der Waals surface area contributed by atoms with Crippen LogP contribution in [0, 0.1) is 35.0 Å². The zero-order chi connectivity index (χ0) is 32.9. The molecule has 1 atom stereocenters. The van der Waals surface area contributed by atoms with Crippen molar-refractivity contribution in [2.24, 2.45) is 10.5 Å². The van der Waals surface area contributed by atoms with Crippen LogP contribution < -0.4 is 37.7 Å². The molecule has 0 amide bonds. The number of hydrogen-bond donors (Lipinski definition) is 6. The second kappa shape index (κ2) is 11.3. The Morgan fingerprint density at radius 3 is 2.48 bits per heavy atom. The number of alkyl halides is 3. The highest BCUT2D eigenvalue weighted by atomic mass is 19.4. The maximum Gasteiger partial charge on any atom is 0.413 e. The van der Waals surface area contributed by atoms with Crippen molar-refractivity contribution in [3.05, 3.63) is 70.7 Å². The number of pyridine rings is 1. The summed E-state index contributed by atoms with van der Waals surface area (Å²) in [7, 11) is 0. The lowest BCUT2D eigenvalue weighted by Gasteiger charge is -2.28. The second-order valence-corrected chi connectivity index (χ2v) is 12.7. The van der Waals surface area contributed by atoms with Crippen molar-refractivity contribution < 1.29 is 13.2 Å². The predicted molar refractivity (Wildman–Crippen MR) is 168 cm³/mol. The quantitative estimate of drug-likeness (QED) is 0.201. The highest BCUT2D eigenvalue weighted by Gasteiger charge is 2.67. The van der Waals surface area contributed by atoms with Gasteiger partial charge in [-0.25, -0.2) is 10.5 Å². The molecule has 1 aromatic heterocycles. The van der Waals surface area contributed by atoms with E-state index in [1.807, 2.05) is 25.1 Å². The molecule has 0 unspecified atom stereocenters. The van der Waals surface area contributed by atoms with Gasteiger partial charge in [0.2, 0.25) is 0 Å². The van der Waals surface area contributed by atoms with Crippen LogP contribution in [0.2, 0.25) is 0 Å². The minimum absolute atomic E-state index is 0.0245. The number of aromatic nitrogens is 1. The highest BCUT2D eigenvalue weighted by Crippen LogP contribution is 2.54. The number of nitriles is 2. The van der Waals surface area contributed by atoms with Crippen molar-refractivity contribution in [1.29, 1.82) is 10.5 Å². The summed E-state index contributed by atoms with van der Waals surface area (Å²) in [6.07, 6.45) is -0.0150. The van der Waals surface area contributed by atoms with E-state index in [1.54, 1.807) is 23.5 Å². The first-order valence-corrected chi connectivity index (χ1v) is 14.6. The van der Waals surface area contributed by atoms with Gasteiger partial charge in [0.25, 0.3) is 0 Å². The minimum atomic E-state index is -4.43. The molecule has 15 heteroatoms. The Labute approximate surface area is 263 Å². The number of hydrazine groups is 4. The molecular weight excluding hydrogens is 597 g/mol. The standard InChI is InChI=1S/C31H33F3N12/c1-18-22(6-5-7-25(18)45-17-39-42-44-45)28(24-15-46(43-41-24)30(8-9-30)31(32,33)34)40-21-10-19(12-35)26-23(11-21)27(20(13-36)14-37-26)38-16-29(2,3)4/h5-7,10-11,14-15,17,28,40-44H,8-9,16H2,1-4H3,(H,37,38)/t28-/m0/s1. The molecular formula is C31H33F3N12. The van der Waals surface area contributed by atoms with Crippen LogP contribution in [0.1, 0.15) is 61.9 Å². The molecule has 12 nitrogen and oxygen atoms in total. The lowest BCUT2D eigenvalue weighted by atomic mass is 9.95. The molecule has 1 fully saturated rings. The Kier molecular flexibility index (Phi) is 7.54. The third kappa shape index (κ3) is 5.55. The summed E-state index contributed by atoms with van der Waals surface area (Å²) >= 11 is 0. The Morgan fingerprint density at radius 2 is 1.85 bits per heavy atom. The lowest BCUT2D eigenvalue weighted by Crippen LogP contribution is -2.52. The number of anilines is 3. The number of halogens is 3. The van der Waals surface area contributed by atoms with Crippen LogP contribution in [0.3, 0.4) is 0 Å². The van der Waals surface area contributed by atoms with E-state index in [0.29, 0.717) is 40.1 Å². The number of benzene rings is 2. The molecule has 1 saturated carbocycles. The number of hydrazone groups is 1. The van der Waals surface area contributed by atoms with Gasteiger partial charge < -0.3 is 16.1 Å². The molecule has 2 aliphatic heterocycles. The van der Waals surface area contributed by atoms with Crippen molar-refractivity contribution >= 4 is 34.3 Å². The summed E-state index contributed by atoms with van der Waals surface area (Å²) < 4.78 is 42.2. The number of nitrogens with one attached hydrogen (secondary N) is 6. The first kappa shape index (κ1) is 30.8. The van der Waals surface area contributed by atoms with E-state index in [9.17, 15) is 23.7 Å². The van der Waals surface area contributed by atoms with E-state index in [-0.39, 0.29) is 23.8 Å². The van der Waals surface area contributed by atoms with Gasteiger partial charge in [0.1, 0.15) is 18.5 Å². The van der Waals surface area contributed by atoms with E-state index < -0.39 is 17.8 Å². The summed E-state index contributed by atoms with van der Waals surface area (Å²) in [5.74, 6) is 0. The Bertz CT molecular complexity index is 1830. The molecule has 3 aromatic rings. The Morgan fingerprint density at radius 1 is 1.09 bits per heavy atom. The molecule has 3 aliphatic rings. The molecule has 0 spiro atoms. The third-order valence-electron chi connectivity index (χ3n) is 8.26. The zero-order valence-corrected chi connectivity index (χ0v) is 25.6. The van der Waals surface area contributed by atoms with Crippen LogP contribution in [0.4, 0.5) is 30.2 Å². The summed E-state index contributed by atoms with van der Waals surface area (Å²) in [6, 6.07) is 12.8. The van der Waals surface area contributed by atoms with Gasteiger partial charge in [-0.05, 0) is 54.5 Å². The first-order valence-electron chi connectivity index (χ1n) is 14.6. The Balaban J connectivity index is 1.47. The van der Waals surface area contributed by atoms with Crippen molar-refractivity contribution in [3.63, 3.8) is 0 Å². The van der Waals surface area contributed by atoms with Crippen LogP contribution in [0.5, 0.6) is 0 Å². The van der Waals surface area contributed by atoms with Crippen LogP contribution in [0.25, 0.3) is 10.9 Å². The van der Waals surface area contributed by atoms with E-state index in [1.165, 1.54) is 12.4 Å². The van der Waals surface area contributed by atoms with Gasteiger partial charge in [0.05, 0.1) is 39.8 Å². The molecule has 3 heterocycles. The van der Waals surface area contributed by atoms with Gasteiger partial charge in [0.15, 0.2) is 5.54 Å². The van der Waals surface area contributed by atoms with Gasteiger partial charge in [-0.2, -0.15) is 28.8 Å². The fourth-order valence-electron chi connectivity index (χ4n) is 5.61. The highest BCUT2D eigenvalue weighted by molar-refractivity contribution is 5.99. The third-order valence-corrected chi connectivity index (χ3v) is 8.26. The number of rotatable bonds is 8. The van der Waals surface area contributed by atoms with Crippen molar-refractivity contribution in [2.75, 3.05) is 22.2 Å². The molecule has 0 saturated heterocycles. The number of hydrogen-bond acceptors (Lipinski definition) is 12. The largest absolute Gasteiger partial charge is 0.413 e. The van der Waals surface area contributed by atoms with Crippen LogP contribution in [0.15, 0.2) is 53.5 Å². The SMILES string of the molecule is Cc1c([C@H](Nc2cc(C#N)c3ncc(C#N)c(NCC(C)(C)C)c3c2)C2=CN(C3(C(F)(F)F)CC3)NN2)cccc1N1C=NNN1. The molecule has 1 aliphatic carbocycles. The topological polar surface area (TPSA) is 151 Å². The van der Waals surface area contributed by atoms with Crippen LogP contribution in [-0.2, 0) is 0 Å². The molecule has 0 bridgehead atoms. The average molecular weight is 631 g/mol. The summed E-state index contributed by atoms with van der Waals surface area (Å²) in [6.45, 7) is 8.65. The summed E-state index contributed by atoms with van der Waals surface area (Å²) in [4.78, 5) is 4.43. The molecule has 6 rings (SSSR count). The zero-order valence-electron chi connectivity index (χ0n) is 25.6. The lowest BCUT2D eigenvalue weighted by molar-refractivity contribution is -0.195. The smallest absolute Gasteiger partial charge is 0.383 e. The number of nitrogens with zero attached hydrogens (tertiary/aromatic N) is 6. The minimum Gasteiger partial charge on any atom is -0.383 e. The fourth-order valence-corrected chi connectivity index (χ4v) is 5.61. The van der Waals surface area contributed by atoms with E-state index in [0.717, 1.165) is 21.8 Å². The van der Waals surface area contributed by atoms with Crippen LogP contribution >= 0.6 is 0 Å². The predicted octanol–water partition coefficient (Wildman–Crippen LogP) is 4.93. The molecule has 0 radical (unpaired) electrons. The van der Waals surface area contributed by atoms with Gasteiger partial charge in [-0.1, -0.05) is 32.9 Å². The normalized spacial score (nSPS) is 17.5. The first-order chi connectivity index (χ1) is 21.8. The van der Waals surface area contributed by atoms with E-state index >= 15 is 0 Å². The van der Waals surface area contributed by atoms with Gasteiger partial charge in [-0.15, -0.1) is 11.1 Å². The maximum atomic E-state index is 14.1. The van der Waals surface area contributed by atoms with E-state index in [4.69, 9.17) is 0 Å². The monoisotopic (exact) mass is 630 g/mol. The van der Waals surface area contributed by atoms with Crippen molar-refractivity contribution in [2.45, 2.75) is 58.3 Å². The fraction of sp³-hybridized carbons (Fsp3) is 0.355. The Hall–Kier alpha value is -5.25. The molecule has 238 valence electrons. The van der Waals surface area contributed by atoms with Gasteiger partial charge >= 0.3 is 6.18 Å². The summed E-state index contributed by atoms with van der Waals surface area (Å²) in [5.41, 5.74) is 14.0. The second-order valence-electron chi connectivity index (χ2n) is 12.7. The molecule has 6 N–H and O–H groups in total. The van der Waals surface area contributed by atoms with E-state index in [2.05, 4.69) is 75.7 Å².